The maximum atomic E-state index is 10.5. The fourth-order valence-corrected chi connectivity index (χ4v) is 7.47. The van der Waals surface area contributed by atoms with Gasteiger partial charge in [0.1, 0.15) is 6.49 Å². The van der Waals surface area contributed by atoms with Crippen LogP contribution in [0, 0.1) is 0 Å². The Hall–Kier alpha value is 0.740. The van der Waals surface area contributed by atoms with Crippen LogP contribution in [0.2, 0.25) is 0 Å². The van der Waals surface area contributed by atoms with Crippen LogP contribution in [0.3, 0.4) is 0 Å². The fourth-order valence-electron chi connectivity index (χ4n) is 3.62. The van der Waals surface area contributed by atoms with Gasteiger partial charge >= 0.3 is 0 Å². The van der Waals surface area contributed by atoms with Gasteiger partial charge in [-0.1, -0.05) is 0 Å². The molecule has 0 saturated carbocycles. The van der Waals surface area contributed by atoms with Crippen LogP contribution in [0.5, 0.6) is 0 Å². The molecule has 1 atom stereocenters. The van der Waals surface area contributed by atoms with Crippen LogP contribution in [0.15, 0.2) is 0 Å². The van der Waals surface area contributed by atoms with Crippen molar-refractivity contribution in [1.82, 2.24) is 19.5 Å². The van der Waals surface area contributed by atoms with Gasteiger partial charge in [0.15, 0.2) is 0 Å². The van der Waals surface area contributed by atoms with Gasteiger partial charge in [-0.05, 0) is 59.4 Å². The largest absolute Gasteiger partial charge is 0.313 e. The first kappa shape index (κ1) is 19.1. The Kier molecular flexibility index (Phi) is 5.69. The van der Waals surface area contributed by atoms with Gasteiger partial charge in [0, 0.05) is 42.6 Å². The summed E-state index contributed by atoms with van der Waals surface area (Å²) in [5.74, 6) is 0.576. The second kappa shape index (κ2) is 6.57. The van der Waals surface area contributed by atoms with Crippen molar-refractivity contribution in [2.75, 3.05) is 32.6 Å². The molecule has 2 rings (SSSR count). The van der Waals surface area contributed by atoms with Crippen LogP contribution in [0.25, 0.3) is 0 Å². The van der Waals surface area contributed by atoms with E-state index in [1.807, 2.05) is 0 Å². The van der Waals surface area contributed by atoms with E-state index in [0.29, 0.717) is 11.9 Å². The van der Waals surface area contributed by atoms with Gasteiger partial charge in [0.2, 0.25) is 0 Å². The van der Waals surface area contributed by atoms with Gasteiger partial charge in [0.05, 0.1) is 0 Å². The lowest BCUT2D eigenvalue weighted by Crippen LogP contribution is -2.62. The van der Waals surface area contributed by atoms with E-state index >= 15 is 0 Å². The average Bonchev–Trinajstić information content (AvgIpc) is 3.25. The molecule has 22 heavy (non-hydrogen) atoms. The van der Waals surface area contributed by atoms with Crippen LogP contribution >= 0.6 is 18.1 Å². The van der Waals surface area contributed by atoms with Gasteiger partial charge in [-0.2, -0.15) is 5.06 Å². The highest BCUT2D eigenvalue weighted by molar-refractivity contribution is 8.11. The molecule has 2 aliphatic rings. The predicted molar refractivity (Wildman–Crippen MR) is 97.1 cm³/mol. The number of alkyl halides is 1. The summed E-state index contributed by atoms with van der Waals surface area (Å²) in [4.78, 5) is 0. The van der Waals surface area contributed by atoms with Crippen LogP contribution in [0.1, 0.15) is 40.5 Å². The zero-order chi connectivity index (χ0) is 16.8. The Morgan fingerprint density at radius 1 is 1.27 bits per heavy atom. The molecule has 0 bridgehead atoms. The van der Waals surface area contributed by atoms with Crippen molar-refractivity contribution in [3.8, 4) is 0 Å². The molecule has 1 unspecified atom stereocenters. The maximum Gasteiger partial charge on any atom is 0.143 e. The zero-order valence-corrected chi connectivity index (χ0v) is 16.8. The normalized spacial score (nSPS) is 28.7. The number of nitrogens with one attached hydrogen (secondary N) is 1. The Morgan fingerprint density at radius 3 is 2.18 bits per heavy atom. The molecule has 0 spiro atoms. The highest BCUT2D eigenvalue weighted by atomic mass is 35.5. The number of piperidine rings is 1. The van der Waals surface area contributed by atoms with Gasteiger partial charge < -0.3 is 5.21 Å². The summed E-state index contributed by atoms with van der Waals surface area (Å²) < 4.78 is 4.73. The van der Waals surface area contributed by atoms with E-state index < -0.39 is 6.49 Å². The van der Waals surface area contributed by atoms with Crippen molar-refractivity contribution in [3.63, 3.8) is 0 Å². The molecule has 2 fully saturated rings. The summed E-state index contributed by atoms with van der Waals surface area (Å²) in [7, 11) is 2.14. The number of hydrogen-bond donors (Lipinski definition) is 2. The van der Waals surface area contributed by atoms with E-state index in [-0.39, 0.29) is 11.1 Å². The Labute approximate surface area is 145 Å². The molecule has 5 nitrogen and oxygen atoms in total. The summed E-state index contributed by atoms with van der Waals surface area (Å²) in [6.45, 7) is 9.36. The maximum absolute atomic E-state index is 10.5. The first-order valence-corrected chi connectivity index (χ1v) is 11.2. The highest BCUT2D eigenvalue weighted by Crippen LogP contribution is 2.56. The van der Waals surface area contributed by atoms with Gasteiger partial charge in [-0.3, -0.25) is 9.76 Å². The molecule has 2 aliphatic heterocycles. The molecule has 0 aromatic carbocycles. The van der Waals surface area contributed by atoms with Crippen molar-refractivity contribution < 1.29 is 5.21 Å². The number of halogens is 1. The topological polar surface area (TPSA) is 41.8 Å². The number of hydroxylamine groups is 2. The van der Waals surface area contributed by atoms with Crippen LogP contribution in [0.4, 0.5) is 0 Å². The van der Waals surface area contributed by atoms with Crippen molar-refractivity contribution in [2.45, 2.75) is 57.7 Å². The van der Waals surface area contributed by atoms with Crippen molar-refractivity contribution in [3.05, 3.63) is 0 Å². The van der Waals surface area contributed by atoms with Crippen molar-refractivity contribution in [2.24, 2.45) is 0 Å². The summed E-state index contributed by atoms with van der Waals surface area (Å²) in [5, 5.41) is 15.6. The number of rotatable bonds is 6. The van der Waals surface area contributed by atoms with E-state index in [9.17, 15) is 5.21 Å². The third kappa shape index (κ3) is 3.70. The third-order valence-corrected chi connectivity index (χ3v) is 9.82. The molecule has 0 aromatic heterocycles. The lowest BCUT2D eigenvalue weighted by Gasteiger charge is -2.54. The molecular weight excluding hydrogens is 339 g/mol. The van der Waals surface area contributed by atoms with E-state index in [2.05, 4.69) is 49.2 Å². The molecule has 2 saturated heterocycles. The van der Waals surface area contributed by atoms with Gasteiger partial charge in [-0.25, -0.2) is 4.67 Å². The first-order valence-electron chi connectivity index (χ1n) is 7.94. The van der Waals surface area contributed by atoms with E-state index in [4.69, 9.17) is 23.4 Å². The van der Waals surface area contributed by atoms with Gasteiger partial charge in [-0.15, -0.1) is 11.6 Å². The second-order valence-corrected chi connectivity index (χ2v) is 12.2. The Balaban J connectivity index is 2.20. The van der Waals surface area contributed by atoms with E-state index in [1.54, 1.807) is 0 Å². The SMILES string of the molecule is CN(C1CC(C)(C)N(O)C(C)(C)C1)P(=S)(NCCCl)N1CC1. The molecule has 2 N–H and O–H groups in total. The lowest BCUT2D eigenvalue weighted by atomic mass is 9.79. The van der Waals surface area contributed by atoms with Crippen molar-refractivity contribution in [1.29, 1.82) is 0 Å². The van der Waals surface area contributed by atoms with Crippen molar-refractivity contribution >= 4 is 29.9 Å². The first-order chi connectivity index (χ1) is 10.0. The molecule has 130 valence electrons. The molecule has 8 heteroatoms. The minimum absolute atomic E-state index is 0.258. The molecular formula is C14H30ClN4OPS. The van der Waals surface area contributed by atoms with Crippen LogP contribution in [-0.2, 0) is 11.8 Å². The lowest BCUT2D eigenvalue weighted by molar-refractivity contribution is -0.249. The fraction of sp³-hybridized carbons (Fsp3) is 1.00. The zero-order valence-electron chi connectivity index (χ0n) is 14.3. The Bertz CT molecular complexity index is 440. The summed E-state index contributed by atoms with van der Waals surface area (Å²) >= 11 is 11.9. The third-order valence-electron chi connectivity index (χ3n) is 4.79. The average molecular weight is 369 g/mol. The Morgan fingerprint density at radius 2 is 1.77 bits per heavy atom. The molecule has 0 aromatic rings. The number of hydrogen-bond acceptors (Lipinski definition) is 3. The predicted octanol–water partition coefficient (Wildman–Crippen LogP) is 2.70. The molecule has 0 amide bonds. The molecule has 0 aliphatic carbocycles. The van der Waals surface area contributed by atoms with Crippen LogP contribution < -0.4 is 5.09 Å². The van der Waals surface area contributed by atoms with E-state index in [0.717, 1.165) is 32.5 Å². The highest BCUT2D eigenvalue weighted by Gasteiger charge is 2.49. The monoisotopic (exact) mass is 368 g/mol. The summed E-state index contributed by atoms with van der Waals surface area (Å²) in [6.07, 6.45) is 1.80. The molecule has 2 heterocycles. The smallest absolute Gasteiger partial charge is 0.143 e. The van der Waals surface area contributed by atoms with Crippen LogP contribution in [-0.4, -0.2) is 69.3 Å². The van der Waals surface area contributed by atoms with Gasteiger partial charge in [0.25, 0.3) is 0 Å². The minimum atomic E-state index is -1.92. The summed E-state index contributed by atoms with van der Waals surface area (Å²) in [5.41, 5.74) is -0.515. The minimum Gasteiger partial charge on any atom is -0.313 e. The quantitative estimate of drug-likeness (QED) is 0.427. The molecule has 0 radical (unpaired) electrons. The standard InChI is InChI=1S/C14H30ClN4OPS/c1-13(2)10-12(11-14(3,4)19(13)20)17(5)21(22,16-7-6-15)18-8-9-18/h12,20H,6-11H2,1-5H3,(H,16,22). The second-order valence-electron chi connectivity index (χ2n) is 7.67. The summed E-state index contributed by atoms with van der Waals surface area (Å²) in [6, 6.07) is 0.350. The number of nitrogens with zero attached hydrogens (tertiary/aromatic N) is 3. The van der Waals surface area contributed by atoms with E-state index in [1.165, 1.54) is 5.06 Å².